The molecule has 7 heteroatoms. The molecule has 29 heavy (non-hydrogen) atoms. The largest absolute Gasteiger partial charge is 0.467 e. The smallest absolute Gasteiger partial charge is 0.247 e. The summed E-state index contributed by atoms with van der Waals surface area (Å²) < 4.78 is 16.5. The van der Waals surface area contributed by atoms with Crippen molar-refractivity contribution in [2.75, 3.05) is 0 Å². The normalized spacial score (nSPS) is 10.9. The highest BCUT2D eigenvalue weighted by Crippen LogP contribution is 2.19. The summed E-state index contributed by atoms with van der Waals surface area (Å²) in [6.45, 7) is 2.75. The number of hydrogen-bond acceptors (Lipinski definition) is 6. The van der Waals surface area contributed by atoms with Gasteiger partial charge >= 0.3 is 0 Å². The molecule has 0 spiro atoms. The molecule has 148 valence electrons. The lowest BCUT2D eigenvalue weighted by molar-refractivity contribution is -0.133. The molecule has 0 atom stereocenters. The summed E-state index contributed by atoms with van der Waals surface area (Å²) in [6, 6.07) is 15.1. The maximum atomic E-state index is 12.8. The maximum Gasteiger partial charge on any atom is 0.247 e. The quantitative estimate of drug-likeness (QED) is 0.443. The van der Waals surface area contributed by atoms with Crippen LogP contribution >= 0.6 is 0 Å². The zero-order chi connectivity index (χ0) is 20.1. The number of rotatable bonds is 8. The number of carbonyl (C=O) groups is 1. The van der Waals surface area contributed by atoms with E-state index < -0.39 is 0 Å². The highest BCUT2D eigenvalue weighted by molar-refractivity contribution is 5.76. The maximum absolute atomic E-state index is 12.8. The minimum Gasteiger partial charge on any atom is -0.467 e. The monoisotopic (exact) mass is 391 g/mol. The van der Waals surface area contributed by atoms with E-state index in [-0.39, 0.29) is 12.3 Å². The second-order valence-corrected chi connectivity index (χ2v) is 6.78. The van der Waals surface area contributed by atoms with Crippen LogP contribution in [-0.2, 0) is 24.3 Å². The molecule has 0 saturated carbocycles. The third-order valence-corrected chi connectivity index (χ3v) is 4.52. The minimum absolute atomic E-state index is 0.0483. The van der Waals surface area contributed by atoms with E-state index in [0.29, 0.717) is 42.8 Å². The molecule has 0 fully saturated rings. The molecule has 4 aromatic rings. The van der Waals surface area contributed by atoms with Crippen molar-refractivity contribution in [1.82, 2.24) is 15.1 Å². The summed E-state index contributed by atoms with van der Waals surface area (Å²) in [5.41, 5.74) is 2.02. The number of nitrogens with zero attached hydrogens (tertiary/aromatic N) is 3. The lowest BCUT2D eigenvalue weighted by atomic mass is 10.1. The number of benzene rings is 1. The summed E-state index contributed by atoms with van der Waals surface area (Å²) in [6.07, 6.45) is 3.80. The number of carbonyl (C=O) groups excluding carboxylic acids is 1. The van der Waals surface area contributed by atoms with Gasteiger partial charge in [0.05, 0.1) is 25.6 Å². The molecular formula is C22H21N3O4. The van der Waals surface area contributed by atoms with Gasteiger partial charge in [0, 0.05) is 18.4 Å². The van der Waals surface area contributed by atoms with E-state index in [4.69, 9.17) is 13.3 Å². The van der Waals surface area contributed by atoms with Gasteiger partial charge in [0.2, 0.25) is 17.7 Å². The molecule has 4 rings (SSSR count). The molecule has 0 saturated heterocycles. The fraction of sp³-hybridized carbons (Fsp3) is 0.227. The average Bonchev–Trinajstić information content (AvgIpc) is 3.49. The highest BCUT2D eigenvalue weighted by Gasteiger charge is 2.18. The first-order chi connectivity index (χ1) is 14.2. The fourth-order valence-electron chi connectivity index (χ4n) is 2.95. The van der Waals surface area contributed by atoms with Gasteiger partial charge in [0.1, 0.15) is 11.5 Å². The first-order valence-corrected chi connectivity index (χ1v) is 9.39. The molecule has 1 aromatic carbocycles. The van der Waals surface area contributed by atoms with Crippen LogP contribution in [0.25, 0.3) is 11.5 Å². The Morgan fingerprint density at radius 3 is 2.17 bits per heavy atom. The van der Waals surface area contributed by atoms with Crippen LogP contribution in [-0.4, -0.2) is 21.0 Å². The van der Waals surface area contributed by atoms with E-state index in [1.54, 1.807) is 29.6 Å². The van der Waals surface area contributed by atoms with Crippen molar-refractivity contribution in [3.05, 3.63) is 84.0 Å². The zero-order valence-corrected chi connectivity index (χ0v) is 16.1. The van der Waals surface area contributed by atoms with Crippen LogP contribution in [0.1, 0.15) is 29.4 Å². The minimum atomic E-state index is -0.0483. The molecule has 0 aliphatic heterocycles. The van der Waals surface area contributed by atoms with Crippen LogP contribution in [0.2, 0.25) is 0 Å². The molecule has 3 heterocycles. The summed E-state index contributed by atoms with van der Waals surface area (Å²) in [7, 11) is 0. The Morgan fingerprint density at radius 1 is 0.931 bits per heavy atom. The second-order valence-electron chi connectivity index (χ2n) is 6.78. The van der Waals surface area contributed by atoms with Gasteiger partial charge in [-0.3, -0.25) is 4.79 Å². The van der Waals surface area contributed by atoms with Crippen LogP contribution < -0.4 is 0 Å². The molecule has 1 amide bonds. The Bertz CT molecular complexity index is 998. The van der Waals surface area contributed by atoms with Gasteiger partial charge in [0.15, 0.2) is 0 Å². The van der Waals surface area contributed by atoms with Crippen molar-refractivity contribution in [3.63, 3.8) is 0 Å². The van der Waals surface area contributed by atoms with E-state index >= 15 is 0 Å². The summed E-state index contributed by atoms with van der Waals surface area (Å²) in [5, 5.41) is 8.16. The van der Waals surface area contributed by atoms with Gasteiger partial charge in [-0.2, -0.15) is 0 Å². The van der Waals surface area contributed by atoms with Gasteiger partial charge in [0.25, 0.3) is 0 Å². The number of hydrogen-bond donors (Lipinski definition) is 0. The summed E-state index contributed by atoms with van der Waals surface area (Å²) in [5.74, 6) is 2.27. The lowest BCUT2D eigenvalue weighted by Gasteiger charge is -2.20. The molecule has 0 aliphatic rings. The van der Waals surface area contributed by atoms with Crippen molar-refractivity contribution in [3.8, 4) is 11.5 Å². The summed E-state index contributed by atoms with van der Waals surface area (Å²) in [4.78, 5) is 14.5. The van der Waals surface area contributed by atoms with E-state index in [1.165, 1.54) is 0 Å². The van der Waals surface area contributed by atoms with Gasteiger partial charge < -0.3 is 18.2 Å². The van der Waals surface area contributed by atoms with Crippen molar-refractivity contribution in [2.24, 2.45) is 0 Å². The SMILES string of the molecule is Cc1ccc(-c2nnc(CCC(=O)N(Cc3ccco3)Cc3ccco3)o2)cc1. The molecule has 0 aliphatic carbocycles. The molecule has 0 N–H and O–H groups in total. The zero-order valence-electron chi connectivity index (χ0n) is 16.1. The predicted octanol–water partition coefficient (Wildman–Crippen LogP) is 4.39. The molecule has 7 nitrogen and oxygen atoms in total. The number of amides is 1. The third kappa shape index (κ3) is 4.82. The molecule has 0 radical (unpaired) electrons. The van der Waals surface area contributed by atoms with E-state index in [0.717, 1.165) is 11.1 Å². The molecule has 0 bridgehead atoms. The van der Waals surface area contributed by atoms with Gasteiger partial charge in [-0.05, 0) is 43.3 Å². The van der Waals surface area contributed by atoms with Crippen molar-refractivity contribution < 1.29 is 18.0 Å². The second kappa shape index (κ2) is 8.60. The van der Waals surface area contributed by atoms with Crippen molar-refractivity contribution in [1.29, 1.82) is 0 Å². The first kappa shape index (κ1) is 18.7. The van der Waals surface area contributed by atoms with E-state index in [2.05, 4.69) is 10.2 Å². The standard InChI is InChI=1S/C22H21N3O4/c1-16-6-8-17(9-7-16)22-24-23-20(29-22)10-11-21(26)25(14-18-4-2-12-27-18)15-19-5-3-13-28-19/h2-9,12-13H,10-11,14-15H2,1H3. The van der Waals surface area contributed by atoms with Crippen molar-refractivity contribution >= 4 is 5.91 Å². The third-order valence-electron chi connectivity index (χ3n) is 4.52. The Balaban J connectivity index is 1.40. The molecule has 0 unspecified atom stereocenters. The number of aryl methyl sites for hydroxylation is 2. The van der Waals surface area contributed by atoms with Gasteiger partial charge in [-0.25, -0.2) is 0 Å². The first-order valence-electron chi connectivity index (χ1n) is 9.39. The van der Waals surface area contributed by atoms with E-state index in [9.17, 15) is 4.79 Å². The van der Waals surface area contributed by atoms with Crippen LogP contribution in [0.15, 0.2) is 74.3 Å². The Morgan fingerprint density at radius 2 is 1.59 bits per heavy atom. The van der Waals surface area contributed by atoms with Crippen LogP contribution in [0.5, 0.6) is 0 Å². The van der Waals surface area contributed by atoms with Gasteiger partial charge in [-0.15, -0.1) is 10.2 Å². The van der Waals surface area contributed by atoms with Crippen LogP contribution in [0.3, 0.4) is 0 Å². The van der Waals surface area contributed by atoms with Crippen LogP contribution in [0, 0.1) is 6.92 Å². The Kier molecular flexibility index (Phi) is 5.56. The fourth-order valence-corrected chi connectivity index (χ4v) is 2.95. The Hall–Kier alpha value is -3.61. The molecular weight excluding hydrogens is 370 g/mol. The highest BCUT2D eigenvalue weighted by atomic mass is 16.4. The van der Waals surface area contributed by atoms with Gasteiger partial charge in [-0.1, -0.05) is 17.7 Å². The predicted molar refractivity (Wildman–Crippen MR) is 104 cm³/mol. The molecule has 3 aromatic heterocycles. The average molecular weight is 391 g/mol. The number of furan rings is 2. The van der Waals surface area contributed by atoms with Crippen LogP contribution in [0.4, 0.5) is 0 Å². The van der Waals surface area contributed by atoms with E-state index in [1.807, 2.05) is 43.3 Å². The Labute approximate surface area is 168 Å². The van der Waals surface area contributed by atoms with Crippen molar-refractivity contribution in [2.45, 2.75) is 32.9 Å². The number of aromatic nitrogens is 2. The lowest BCUT2D eigenvalue weighted by Crippen LogP contribution is -2.30. The topological polar surface area (TPSA) is 85.5 Å². The summed E-state index contributed by atoms with van der Waals surface area (Å²) >= 11 is 0.